The third-order valence-corrected chi connectivity index (χ3v) is 4.01. The highest BCUT2D eigenvalue weighted by molar-refractivity contribution is 5.82. The summed E-state index contributed by atoms with van der Waals surface area (Å²) < 4.78 is 5.11. The Hall–Kier alpha value is -0.610. The van der Waals surface area contributed by atoms with Crippen molar-refractivity contribution in [2.24, 2.45) is 5.92 Å². The number of nitrogens with zero attached hydrogens (tertiary/aromatic N) is 1. The molecule has 0 bridgehead atoms. The monoisotopic (exact) mass is 240 g/mol. The van der Waals surface area contributed by atoms with E-state index in [0.717, 1.165) is 64.3 Å². The second-order valence-electron chi connectivity index (χ2n) is 5.20. The summed E-state index contributed by atoms with van der Waals surface area (Å²) in [5, 5.41) is 3.29. The number of carbonyl (C=O) groups is 1. The topological polar surface area (TPSA) is 41.6 Å². The lowest BCUT2D eigenvalue weighted by atomic mass is 9.93. The minimum absolute atomic E-state index is 0.102. The van der Waals surface area contributed by atoms with E-state index in [4.69, 9.17) is 4.74 Å². The molecule has 1 atom stereocenters. The molecule has 4 heteroatoms. The first-order valence-electron chi connectivity index (χ1n) is 6.82. The largest absolute Gasteiger partial charge is 0.385 e. The summed E-state index contributed by atoms with van der Waals surface area (Å²) in [5.74, 6) is 1.07. The maximum Gasteiger partial charge on any atom is 0.239 e. The molecule has 1 N–H and O–H groups in total. The minimum atomic E-state index is 0.102. The Morgan fingerprint density at radius 2 is 2.12 bits per heavy atom. The summed E-state index contributed by atoms with van der Waals surface area (Å²) in [7, 11) is 1.75. The van der Waals surface area contributed by atoms with Crippen LogP contribution in [0.5, 0.6) is 0 Å². The highest BCUT2D eigenvalue weighted by atomic mass is 16.5. The number of nitrogens with one attached hydrogen (secondary N) is 1. The summed E-state index contributed by atoms with van der Waals surface area (Å²) >= 11 is 0. The van der Waals surface area contributed by atoms with E-state index in [1.54, 1.807) is 7.11 Å². The van der Waals surface area contributed by atoms with E-state index >= 15 is 0 Å². The van der Waals surface area contributed by atoms with Crippen molar-refractivity contribution < 1.29 is 9.53 Å². The van der Waals surface area contributed by atoms with E-state index in [0.29, 0.717) is 5.91 Å². The van der Waals surface area contributed by atoms with Crippen LogP contribution < -0.4 is 5.32 Å². The summed E-state index contributed by atoms with van der Waals surface area (Å²) in [5.41, 5.74) is 0. The second kappa shape index (κ2) is 6.36. The Kier molecular flexibility index (Phi) is 4.80. The molecule has 2 rings (SSSR count). The Bertz CT molecular complexity index is 244. The molecule has 0 radical (unpaired) electrons. The smallest absolute Gasteiger partial charge is 0.239 e. The predicted octanol–water partition coefficient (Wildman–Crippen LogP) is 1.01. The number of amides is 1. The standard InChI is InChI=1S/C13H24N2O2/c1-17-10-6-11-4-8-15(9-5-11)13(16)12-3-2-7-14-12/h11-12,14H,2-10H2,1H3/t12-/m0/s1. The fourth-order valence-corrected chi connectivity index (χ4v) is 2.84. The van der Waals surface area contributed by atoms with Crippen LogP contribution in [0.2, 0.25) is 0 Å². The summed E-state index contributed by atoms with van der Waals surface area (Å²) in [6, 6.07) is 0.102. The normalized spacial score (nSPS) is 26.4. The number of likely N-dealkylation sites (tertiary alicyclic amines) is 1. The number of hydrogen-bond acceptors (Lipinski definition) is 3. The molecule has 98 valence electrons. The molecular formula is C13H24N2O2. The van der Waals surface area contributed by atoms with Crippen LogP contribution in [0.4, 0.5) is 0 Å². The summed E-state index contributed by atoms with van der Waals surface area (Å²) in [6.07, 6.45) is 5.58. The molecule has 4 nitrogen and oxygen atoms in total. The number of rotatable bonds is 4. The van der Waals surface area contributed by atoms with Gasteiger partial charge in [-0.2, -0.15) is 0 Å². The van der Waals surface area contributed by atoms with Gasteiger partial charge in [0.2, 0.25) is 5.91 Å². The van der Waals surface area contributed by atoms with E-state index in [1.807, 2.05) is 4.90 Å². The van der Waals surface area contributed by atoms with Crippen molar-refractivity contribution in [3.05, 3.63) is 0 Å². The first-order chi connectivity index (χ1) is 8.31. The molecular weight excluding hydrogens is 216 g/mol. The molecule has 2 heterocycles. The van der Waals surface area contributed by atoms with Gasteiger partial charge in [-0.3, -0.25) is 4.79 Å². The van der Waals surface area contributed by atoms with Crippen molar-refractivity contribution in [2.45, 2.75) is 38.1 Å². The molecule has 0 aliphatic carbocycles. The lowest BCUT2D eigenvalue weighted by Crippen LogP contribution is -2.47. The lowest BCUT2D eigenvalue weighted by Gasteiger charge is -2.33. The molecule has 0 unspecified atom stereocenters. The van der Waals surface area contributed by atoms with Crippen LogP contribution in [-0.4, -0.2) is 50.2 Å². The van der Waals surface area contributed by atoms with Gasteiger partial charge in [0, 0.05) is 26.8 Å². The van der Waals surface area contributed by atoms with Gasteiger partial charge in [0.1, 0.15) is 0 Å². The molecule has 0 saturated carbocycles. The Labute approximate surface area is 104 Å². The zero-order valence-corrected chi connectivity index (χ0v) is 10.8. The van der Waals surface area contributed by atoms with Crippen LogP contribution in [-0.2, 0) is 9.53 Å². The number of methoxy groups -OCH3 is 1. The summed E-state index contributed by atoms with van der Waals surface area (Å²) in [4.78, 5) is 14.2. The van der Waals surface area contributed by atoms with E-state index in [1.165, 1.54) is 0 Å². The van der Waals surface area contributed by atoms with E-state index in [-0.39, 0.29) is 6.04 Å². The minimum Gasteiger partial charge on any atom is -0.385 e. The summed E-state index contributed by atoms with van der Waals surface area (Å²) in [6.45, 7) is 3.72. The third kappa shape index (κ3) is 3.42. The molecule has 0 aromatic carbocycles. The maximum absolute atomic E-state index is 12.2. The van der Waals surface area contributed by atoms with Gasteiger partial charge in [-0.25, -0.2) is 0 Å². The average Bonchev–Trinajstić information content (AvgIpc) is 2.90. The molecule has 0 aromatic rings. The van der Waals surface area contributed by atoms with Crippen LogP contribution in [0.3, 0.4) is 0 Å². The van der Waals surface area contributed by atoms with Gasteiger partial charge in [0.05, 0.1) is 6.04 Å². The lowest BCUT2D eigenvalue weighted by molar-refractivity contribution is -0.134. The van der Waals surface area contributed by atoms with Crippen LogP contribution >= 0.6 is 0 Å². The number of carbonyl (C=O) groups excluding carboxylic acids is 1. The van der Waals surface area contributed by atoms with E-state index < -0.39 is 0 Å². The van der Waals surface area contributed by atoms with E-state index in [2.05, 4.69) is 5.32 Å². The molecule has 1 amide bonds. The highest BCUT2D eigenvalue weighted by Gasteiger charge is 2.29. The van der Waals surface area contributed by atoms with Crippen LogP contribution in [0, 0.1) is 5.92 Å². The van der Waals surface area contributed by atoms with Gasteiger partial charge in [0.25, 0.3) is 0 Å². The van der Waals surface area contributed by atoms with Gasteiger partial charge in [-0.1, -0.05) is 0 Å². The Balaban J connectivity index is 1.72. The molecule has 2 saturated heterocycles. The average molecular weight is 240 g/mol. The van der Waals surface area contributed by atoms with Crippen LogP contribution in [0.15, 0.2) is 0 Å². The SMILES string of the molecule is COCCC1CCN(C(=O)[C@@H]2CCCN2)CC1. The van der Waals surface area contributed by atoms with Crippen molar-refractivity contribution in [2.75, 3.05) is 33.4 Å². The van der Waals surface area contributed by atoms with Crippen molar-refractivity contribution >= 4 is 5.91 Å². The Morgan fingerprint density at radius 1 is 1.35 bits per heavy atom. The number of hydrogen-bond donors (Lipinski definition) is 1. The first kappa shape index (κ1) is 12.8. The molecule has 17 heavy (non-hydrogen) atoms. The zero-order valence-electron chi connectivity index (χ0n) is 10.8. The van der Waals surface area contributed by atoms with Crippen LogP contribution in [0.25, 0.3) is 0 Å². The van der Waals surface area contributed by atoms with Gasteiger partial charge in [-0.15, -0.1) is 0 Å². The third-order valence-electron chi connectivity index (χ3n) is 4.01. The quantitative estimate of drug-likeness (QED) is 0.797. The van der Waals surface area contributed by atoms with Crippen LogP contribution in [0.1, 0.15) is 32.1 Å². The van der Waals surface area contributed by atoms with Gasteiger partial charge in [-0.05, 0) is 44.6 Å². The van der Waals surface area contributed by atoms with E-state index in [9.17, 15) is 4.79 Å². The highest BCUT2D eigenvalue weighted by Crippen LogP contribution is 2.21. The zero-order chi connectivity index (χ0) is 12.1. The van der Waals surface area contributed by atoms with Gasteiger partial charge >= 0.3 is 0 Å². The van der Waals surface area contributed by atoms with Crippen molar-refractivity contribution in [1.82, 2.24) is 10.2 Å². The predicted molar refractivity (Wildman–Crippen MR) is 66.8 cm³/mol. The van der Waals surface area contributed by atoms with Gasteiger partial charge in [0.15, 0.2) is 0 Å². The molecule has 2 aliphatic rings. The molecule has 2 aliphatic heterocycles. The van der Waals surface area contributed by atoms with Crippen molar-refractivity contribution in [3.63, 3.8) is 0 Å². The number of piperidine rings is 1. The fourth-order valence-electron chi connectivity index (χ4n) is 2.84. The second-order valence-corrected chi connectivity index (χ2v) is 5.20. The molecule has 0 spiro atoms. The maximum atomic E-state index is 12.2. The van der Waals surface area contributed by atoms with Gasteiger partial charge < -0.3 is 15.0 Å². The first-order valence-corrected chi connectivity index (χ1v) is 6.82. The fraction of sp³-hybridized carbons (Fsp3) is 0.923. The molecule has 2 fully saturated rings. The Morgan fingerprint density at radius 3 is 2.71 bits per heavy atom. The number of ether oxygens (including phenoxy) is 1. The van der Waals surface area contributed by atoms with Crippen molar-refractivity contribution in [3.8, 4) is 0 Å². The molecule has 0 aromatic heterocycles. The van der Waals surface area contributed by atoms with Crippen molar-refractivity contribution in [1.29, 1.82) is 0 Å².